The van der Waals surface area contributed by atoms with E-state index in [1.807, 2.05) is 0 Å². The summed E-state index contributed by atoms with van der Waals surface area (Å²) in [5, 5.41) is 3.63. The molecule has 2 atom stereocenters. The molecule has 3 rings (SSSR count). The van der Waals surface area contributed by atoms with Gasteiger partial charge < -0.3 is 15.1 Å². The Morgan fingerprint density at radius 1 is 1.04 bits per heavy atom. The molecule has 1 aliphatic heterocycles. The van der Waals surface area contributed by atoms with Crippen LogP contribution in [0.2, 0.25) is 10.0 Å². The maximum absolute atomic E-state index is 12.4. The molecule has 0 radical (unpaired) electrons. The average molecular weight is 370 g/mol. The fourth-order valence-corrected chi connectivity index (χ4v) is 3.43. The number of amides is 3. The molecule has 1 aromatic carbocycles. The van der Waals surface area contributed by atoms with Crippen molar-refractivity contribution in [3.63, 3.8) is 0 Å². The van der Waals surface area contributed by atoms with Crippen LogP contribution >= 0.6 is 23.2 Å². The molecule has 1 aliphatic carbocycles. The van der Waals surface area contributed by atoms with Gasteiger partial charge in [0.25, 0.3) is 0 Å². The maximum Gasteiger partial charge on any atom is 0.228 e. The molecule has 1 heterocycles. The van der Waals surface area contributed by atoms with Gasteiger partial charge in [-0.25, -0.2) is 0 Å². The Balaban J connectivity index is 1.53. The van der Waals surface area contributed by atoms with Crippen molar-refractivity contribution in [1.82, 2.24) is 9.80 Å². The number of piperazine rings is 1. The van der Waals surface area contributed by atoms with Crippen molar-refractivity contribution >= 4 is 47.1 Å². The fourth-order valence-electron chi connectivity index (χ4n) is 2.90. The molecule has 2 fully saturated rings. The molecule has 8 heteroatoms. The molecule has 3 amide bonds. The van der Waals surface area contributed by atoms with Crippen molar-refractivity contribution in [1.29, 1.82) is 0 Å². The normalized spacial score (nSPS) is 22.9. The summed E-state index contributed by atoms with van der Waals surface area (Å²) in [7, 11) is 0. The third-order valence-corrected chi connectivity index (χ3v) is 4.79. The zero-order valence-electron chi connectivity index (χ0n) is 12.9. The van der Waals surface area contributed by atoms with E-state index < -0.39 is 0 Å². The van der Waals surface area contributed by atoms with E-state index in [0.29, 0.717) is 48.3 Å². The van der Waals surface area contributed by atoms with E-state index in [9.17, 15) is 14.4 Å². The summed E-state index contributed by atoms with van der Waals surface area (Å²) in [6.07, 6.45) is 1.35. The second-order valence-corrected chi connectivity index (χ2v) is 6.94. The first-order valence-electron chi connectivity index (χ1n) is 7.73. The molecule has 2 aliphatic rings. The molecular weight excluding hydrogens is 353 g/mol. The minimum Gasteiger partial charge on any atom is -0.342 e. The lowest BCUT2D eigenvalue weighted by Gasteiger charge is -2.32. The van der Waals surface area contributed by atoms with Crippen molar-refractivity contribution in [2.24, 2.45) is 11.8 Å². The van der Waals surface area contributed by atoms with Crippen molar-refractivity contribution in [2.45, 2.75) is 6.42 Å². The smallest absolute Gasteiger partial charge is 0.228 e. The highest BCUT2D eigenvalue weighted by atomic mass is 35.5. The highest BCUT2D eigenvalue weighted by Gasteiger charge is 2.49. The van der Waals surface area contributed by atoms with E-state index in [-0.39, 0.29) is 23.7 Å². The molecule has 1 aromatic rings. The summed E-state index contributed by atoms with van der Waals surface area (Å²) in [4.78, 5) is 38.8. The molecule has 0 bridgehead atoms. The highest BCUT2D eigenvalue weighted by molar-refractivity contribution is 6.35. The lowest BCUT2D eigenvalue weighted by molar-refractivity contribution is -0.137. The van der Waals surface area contributed by atoms with Gasteiger partial charge in [-0.05, 0) is 24.6 Å². The molecule has 24 heavy (non-hydrogen) atoms. The first-order valence-corrected chi connectivity index (χ1v) is 8.48. The first kappa shape index (κ1) is 17.0. The van der Waals surface area contributed by atoms with Gasteiger partial charge >= 0.3 is 0 Å². The number of nitrogens with one attached hydrogen (secondary N) is 1. The zero-order chi connectivity index (χ0) is 17.3. The number of nitrogens with zero attached hydrogens (tertiary/aromatic N) is 2. The van der Waals surface area contributed by atoms with Gasteiger partial charge in [-0.15, -0.1) is 0 Å². The Morgan fingerprint density at radius 2 is 1.67 bits per heavy atom. The van der Waals surface area contributed by atoms with Gasteiger partial charge in [0.05, 0.1) is 11.8 Å². The second-order valence-electron chi connectivity index (χ2n) is 6.06. The Morgan fingerprint density at radius 3 is 2.25 bits per heavy atom. The summed E-state index contributed by atoms with van der Waals surface area (Å²) in [6, 6.07) is 4.81. The summed E-state index contributed by atoms with van der Waals surface area (Å²) in [5.74, 6) is -0.801. The van der Waals surface area contributed by atoms with E-state index >= 15 is 0 Å². The largest absolute Gasteiger partial charge is 0.342 e. The predicted molar refractivity (Wildman–Crippen MR) is 90.9 cm³/mol. The summed E-state index contributed by atoms with van der Waals surface area (Å²) >= 11 is 11.8. The monoisotopic (exact) mass is 369 g/mol. The SMILES string of the molecule is O=CN1CCN(C(=O)C2CC2C(=O)Nc2cc(Cl)cc(Cl)c2)CC1. The Bertz CT molecular complexity index is 654. The third kappa shape index (κ3) is 3.82. The number of anilines is 1. The molecule has 1 saturated heterocycles. The van der Waals surface area contributed by atoms with Crippen LogP contribution in [0.15, 0.2) is 18.2 Å². The molecular formula is C16H17Cl2N3O3. The quantitative estimate of drug-likeness (QED) is 0.823. The molecule has 2 unspecified atom stereocenters. The highest BCUT2D eigenvalue weighted by Crippen LogP contribution is 2.41. The number of carbonyl (C=O) groups is 3. The minimum atomic E-state index is -0.320. The molecule has 6 nitrogen and oxygen atoms in total. The van der Waals surface area contributed by atoms with E-state index in [4.69, 9.17) is 23.2 Å². The van der Waals surface area contributed by atoms with Crippen LogP contribution in [-0.2, 0) is 14.4 Å². The topological polar surface area (TPSA) is 69.7 Å². The number of hydrogen-bond donors (Lipinski definition) is 1. The van der Waals surface area contributed by atoms with Crippen LogP contribution in [0.5, 0.6) is 0 Å². The number of halogens is 2. The third-order valence-electron chi connectivity index (χ3n) is 4.35. The lowest BCUT2D eigenvalue weighted by atomic mass is 10.2. The van der Waals surface area contributed by atoms with Crippen molar-refractivity contribution in [3.05, 3.63) is 28.2 Å². The molecule has 128 valence electrons. The van der Waals surface area contributed by atoms with Crippen LogP contribution in [0.1, 0.15) is 6.42 Å². The molecule has 0 spiro atoms. The summed E-state index contributed by atoms with van der Waals surface area (Å²) in [5.41, 5.74) is 0.523. The summed E-state index contributed by atoms with van der Waals surface area (Å²) in [6.45, 7) is 2.12. The Labute approximate surface area is 149 Å². The van der Waals surface area contributed by atoms with Gasteiger partial charge in [-0.3, -0.25) is 14.4 Å². The molecule has 1 saturated carbocycles. The second kappa shape index (κ2) is 6.99. The number of carbonyl (C=O) groups excluding carboxylic acids is 3. The fraction of sp³-hybridized carbons (Fsp3) is 0.438. The van der Waals surface area contributed by atoms with Gasteiger partial charge in [0.1, 0.15) is 0 Å². The number of rotatable bonds is 4. The first-order chi connectivity index (χ1) is 11.5. The van der Waals surface area contributed by atoms with Gasteiger partial charge in [-0.1, -0.05) is 23.2 Å². The van der Waals surface area contributed by atoms with E-state index in [2.05, 4.69) is 5.32 Å². The van der Waals surface area contributed by atoms with Crippen molar-refractivity contribution < 1.29 is 14.4 Å². The minimum absolute atomic E-state index is 0.00942. The van der Waals surface area contributed by atoms with Crippen LogP contribution < -0.4 is 5.32 Å². The van der Waals surface area contributed by atoms with Crippen molar-refractivity contribution in [2.75, 3.05) is 31.5 Å². The van der Waals surface area contributed by atoms with Crippen LogP contribution in [0.25, 0.3) is 0 Å². The van der Waals surface area contributed by atoms with Gasteiger partial charge in [0, 0.05) is 41.9 Å². The lowest BCUT2D eigenvalue weighted by Crippen LogP contribution is -2.48. The van der Waals surface area contributed by atoms with Crippen molar-refractivity contribution in [3.8, 4) is 0 Å². The van der Waals surface area contributed by atoms with Gasteiger partial charge in [-0.2, -0.15) is 0 Å². The van der Waals surface area contributed by atoms with E-state index in [1.165, 1.54) is 0 Å². The zero-order valence-corrected chi connectivity index (χ0v) is 14.4. The van der Waals surface area contributed by atoms with E-state index in [1.54, 1.807) is 28.0 Å². The molecule has 0 aromatic heterocycles. The van der Waals surface area contributed by atoms with E-state index in [0.717, 1.165) is 6.41 Å². The number of hydrogen-bond acceptors (Lipinski definition) is 3. The summed E-state index contributed by atoms with van der Waals surface area (Å²) < 4.78 is 0. The maximum atomic E-state index is 12.4. The van der Waals surface area contributed by atoms with Crippen LogP contribution in [0.3, 0.4) is 0 Å². The van der Waals surface area contributed by atoms with Gasteiger partial charge in [0.15, 0.2) is 0 Å². The Hall–Kier alpha value is -1.79. The standard InChI is InChI=1S/C16H17Cl2N3O3/c17-10-5-11(18)7-12(6-10)19-15(23)13-8-14(13)16(24)21-3-1-20(9-22)2-4-21/h5-7,9,13-14H,1-4,8H2,(H,19,23). The average Bonchev–Trinajstić information content (AvgIpc) is 3.34. The van der Waals surface area contributed by atoms with Gasteiger partial charge in [0.2, 0.25) is 18.2 Å². The van der Waals surface area contributed by atoms with Crippen LogP contribution in [-0.4, -0.2) is 54.2 Å². The van der Waals surface area contributed by atoms with Crippen LogP contribution in [0, 0.1) is 11.8 Å². The van der Waals surface area contributed by atoms with Crippen LogP contribution in [0.4, 0.5) is 5.69 Å². The number of benzene rings is 1. The molecule has 1 N–H and O–H groups in total. The Kier molecular flexibility index (Phi) is 4.96. The predicted octanol–water partition coefficient (Wildman–Crippen LogP) is 1.87.